The molecule has 0 radical (unpaired) electrons. The summed E-state index contributed by atoms with van der Waals surface area (Å²) in [6.07, 6.45) is -0.138. The summed E-state index contributed by atoms with van der Waals surface area (Å²) in [6.45, 7) is 1.49. The minimum Gasteiger partial charge on any atom is -0.324 e. The van der Waals surface area contributed by atoms with Gasteiger partial charge in [0.05, 0.1) is 5.56 Å². The Morgan fingerprint density at radius 3 is 2.45 bits per heavy atom. The Labute approximate surface area is 116 Å². The molecule has 2 N–H and O–H groups in total. The lowest BCUT2D eigenvalue weighted by Crippen LogP contribution is -2.17. The van der Waals surface area contributed by atoms with Gasteiger partial charge in [0.25, 0.3) is 0 Å². The molecule has 1 atom stereocenters. The fourth-order valence-electron chi connectivity index (χ4n) is 2.03. The van der Waals surface area contributed by atoms with Gasteiger partial charge in [-0.15, -0.1) is 0 Å². The third kappa shape index (κ3) is 2.91. The van der Waals surface area contributed by atoms with Crippen LogP contribution in [-0.4, -0.2) is 5.78 Å². The maximum absolute atomic E-state index is 13.9. The first-order valence-electron chi connectivity index (χ1n) is 6.29. The van der Waals surface area contributed by atoms with Crippen molar-refractivity contribution in [3.63, 3.8) is 0 Å². The summed E-state index contributed by atoms with van der Waals surface area (Å²) in [5.74, 6) is -2.28. The van der Waals surface area contributed by atoms with Crippen molar-refractivity contribution in [2.24, 2.45) is 5.73 Å². The van der Waals surface area contributed by atoms with Gasteiger partial charge in [-0.25, -0.2) is 8.78 Å². The van der Waals surface area contributed by atoms with Gasteiger partial charge in [0.1, 0.15) is 11.6 Å². The Morgan fingerprint density at radius 1 is 1.15 bits per heavy atom. The smallest absolute Gasteiger partial charge is 0.170 e. The average Bonchev–Trinajstić information content (AvgIpc) is 2.44. The van der Waals surface area contributed by atoms with Crippen molar-refractivity contribution < 1.29 is 13.6 Å². The normalized spacial score (nSPS) is 12.2. The van der Waals surface area contributed by atoms with Gasteiger partial charge in [0.15, 0.2) is 5.78 Å². The summed E-state index contributed by atoms with van der Waals surface area (Å²) in [6, 6.07) is 10.8. The molecule has 0 spiro atoms. The molecule has 0 heterocycles. The quantitative estimate of drug-likeness (QED) is 0.867. The highest BCUT2D eigenvalue weighted by molar-refractivity contribution is 5.97. The molecule has 0 fully saturated rings. The van der Waals surface area contributed by atoms with Crippen molar-refractivity contribution in [2.75, 3.05) is 0 Å². The Morgan fingerprint density at radius 2 is 1.80 bits per heavy atom. The number of ketones is 1. The van der Waals surface area contributed by atoms with E-state index in [-0.39, 0.29) is 12.0 Å². The first kappa shape index (κ1) is 14.3. The first-order chi connectivity index (χ1) is 9.50. The van der Waals surface area contributed by atoms with Crippen molar-refractivity contribution in [1.29, 1.82) is 0 Å². The van der Waals surface area contributed by atoms with E-state index in [1.54, 1.807) is 24.3 Å². The molecular formula is C16H15F2NO. The zero-order valence-electron chi connectivity index (χ0n) is 11.1. The maximum Gasteiger partial charge on any atom is 0.170 e. The first-order valence-corrected chi connectivity index (χ1v) is 6.29. The predicted molar refractivity (Wildman–Crippen MR) is 73.4 cm³/mol. The zero-order valence-corrected chi connectivity index (χ0v) is 11.1. The second-order valence-electron chi connectivity index (χ2n) is 4.70. The summed E-state index contributed by atoms with van der Waals surface area (Å²) in [7, 11) is 0. The van der Waals surface area contributed by atoms with Gasteiger partial charge >= 0.3 is 0 Å². The molecule has 0 bridgehead atoms. The molecule has 0 aliphatic carbocycles. The molecule has 0 aliphatic heterocycles. The lowest BCUT2D eigenvalue weighted by atomic mass is 9.97. The number of halogens is 2. The molecule has 20 heavy (non-hydrogen) atoms. The summed E-state index contributed by atoms with van der Waals surface area (Å²) < 4.78 is 27.5. The van der Waals surface area contributed by atoms with E-state index in [1.807, 2.05) is 6.07 Å². The Hall–Kier alpha value is -2.07. The summed E-state index contributed by atoms with van der Waals surface area (Å²) in [5.41, 5.74) is 6.40. The topological polar surface area (TPSA) is 43.1 Å². The van der Waals surface area contributed by atoms with Crippen LogP contribution in [0.25, 0.3) is 0 Å². The van der Waals surface area contributed by atoms with E-state index in [1.165, 1.54) is 13.0 Å². The van der Waals surface area contributed by atoms with Crippen LogP contribution >= 0.6 is 0 Å². The predicted octanol–water partition coefficient (Wildman–Crippen LogP) is 3.55. The molecular weight excluding hydrogens is 260 g/mol. The van der Waals surface area contributed by atoms with E-state index >= 15 is 0 Å². The standard InChI is InChI=1S/C16H15F2NO/c1-10-7-8-12(17)15(16(10)18)14(20)9-13(19)11-5-3-2-4-6-11/h2-8,13H,9,19H2,1H3. The fraction of sp³-hybridized carbons (Fsp3) is 0.188. The van der Waals surface area contributed by atoms with Gasteiger partial charge < -0.3 is 5.73 Å². The van der Waals surface area contributed by atoms with Crippen molar-refractivity contribution in [2.45, 2.75) is 19.4 Å². The van der Waals surface area contributed by atoms with Gasteiger partial charge in [0.2, 0.25) is 0 Å². The van der Waals surface area contributed by atoms with Crippen LogP contribution in [0, 0.1) is 18.6 Å². The van der Waals surface area contributed by atoms with Crippen molar-refractivity contribution in [1.82, 2.24) is 0 Å². The van der Waals surface area contributed by atoms with E-state index in [0.717, 1.165) is 11.6 Å². The Bertz CT molecular complexity index is 626. The molecule has 0 saturated carbocycles. The minimum absolute atomic E-state index is 0.138. The number of aryl methyl sites for hydroxylation is 1. The van der Waals surface area contributed by atoms with Gasteiger partial charge in [-0.05, 0) is 24.1 Å². The molecule has 0 aliphatic rings. The number of Topliss-reactive ketones (excluding diaryl/α,β-unsaturated/α-hetero) is 1. The highest BCUT2D eigenvalue weighted by Crippen LogP contribution is 2.22. The van der Waals surface area contributed by atoms with Gasteiger partial charge in [-0.3, -0.25) is 4.79 Å². The van der Waals surface area contributed by atoms with E-state index in [9.17, 15) is 13.6 Å². The second kappa shape index (κ2) is 5.92. The highest BCUT2D eigenvalue weighted by Gasteiger charge is 2.21. The van der Waals surface area contributed by atoms with E-state index in [0.29, 0.717) is 0 Å². The summed E-state index contributed by atoms with van der Waals surface area (Å²) >= 11 is 0. The number of rotatable bonds is 4. The maximum atomic E-state index is 13.9. The number of nitrogens with two attached hydrogens (primary N) is 1. The molecule has 2 aromatic rings. The Balaban J connectivity index is 2.23. The molecule has 0 aromatic heterocycles. The van der Waals surface area contributed by atoms with Crippen LogP contribution in [0.15, 0.2) is 42.5 Å². The van der Waals surface area contributed by atoms with E-state index in [4.69, 9.17) is 5.73 Å². The largest absolute Gasteiger partial charge is 0.324 e. The Kier molecular flexibility index (Phi) is 4.25. The van der Waals surface area contributed by atoms with Crippen LogP contribution in [0.3, 0.4) is 0 Å². The summed E-state index contributed by atoms with van der Waals surface area (Å²) in [4.78, 5) is 12.1. The van der Waals surface area contributed by atoms with Crippen molar-refractivity contribution >= 4 is 5.78 Å². The average molecular weight is 275 g/mol. The minimum atomic E-state index is -0.849. The number of carbonyl (C=O) groups is 1. The molecule has 0 amide bonds. The molecule has 4 heteroatoms. The third-order valence-electron chi connectivity index (χ3n) is 3.20. The molecule has 0 saturated heterocycles. The van der Waals surface area contributed by atoms with Gasteiger partial charge in [-0.2, -0.15) is 0 Å². The monoisotopic (exact) mass is 275 g/mol. The number of benzene rings is 2. The molecule has 2 rings (SSSR count). The SMILES string of the molecule is Cc1ccc(F)c(C(=O)CC(N)c2ccccc2)c1F. The van der Waals surface area contributed by atoms with E-state index in [2.05, 4.69) is 0 Å². The lowest BCUT2D eigenvalue weighted by molar-refractivity contribution is 0.0966. The third-order valence-corrected chi connectivity index (χ3v) is 3.20. The number of hydrogen-bond donors (Lipinski definition) is 1. The van der Waals surface area contributed by atoms with Crippen LogP contribution in [0.2, 0.25) is 0 Å². The van der Waals surface area contributed by atoms with Crippen LogP contribution in [0.5, 0.6) is 0 Å². The van der Waals surface area contributed by atoms with E-state index < -0.39 is 29.0 Å². The fourth-order valence-corrected chi connectivity index (χ4v) is 2.03. The lowest BCUT2D eigenvalue weighted by Gasteiger charge is -2.12. The van der Waals surface area contributed by atoms with Crippen LogP contribution < -0.4 is 5.73 Å². The van der Waals surface area contributed by atoms with Crippen LogP contribution in [-0.2, 0) is 0 Å². The van der Waals surface area contributed by atoms with Crippen LogP contribution in [0.1, 0.15) is 33.9 Å². The van der Waals surface area contributed by atoms with Crippen molar-refractivity contribution in [3.8, 4) is 0 Å². The van der Waals surface area contributed by atoms with Gasteiger partial charge in [0, 0.05) is 12.5 Å². The summed E-state index contributed by atoms with van der Waals surface area (Å²) in [5, 5.41) is 0. The molecule has 104 valence electrons. The highest BCUT2D eigenvalue weighted by atomic mass is 19.1. The number of hydrogen-bond acceptors (Lipinski definition) is 2. The molecule has 2 aromatic carbocycles. The van der Waals surface area contributed by atoms with Crippen molar-refractivity contribution in [3.05, 3.63) is 70.8 Å². The van der Waals surface area contributed by atoms with Crippen LogP contribution in [0.4, 0.5) is 8.78 Å². The number of carbonyl (C=O) groups excluding carboxylic acids is 1. The molecule has 2 nitrogen and oxygen atoms in total. The second-order valence-corrected chi connectivity index (χ2v) is 4.70. The zero-order chi connectivity index (χ0) is 14.7. The molecule has 1 unspecified atom stereocenters. The van der Waals surface area contributed by atoms with Gasteiger partial charge in [-0.1, -0.05) is 36.4 Å².